The zero-order valence-electron chi connectivity index (χ0n) is 9.82. The van der Waals surface area contributed by atoms with Crippen molar-refractivity contribution in [2.24, 2.45) is 5.92 Å². The highest BCUT2D eigenvalue weighted by molar-refractivity contribution is 7.91. The molecule has 0 spiro atoms. The van der Waals surface area contributed by atoms with Gasteiger partial charge in [0.25, 0.3) is 0 Å². The molecule has 16 heavy (non-hydrogen) atoms. The Bertz CT molecular complexity index is 340. The molecule has 2 N–H and O–H groups in total. The third-order valence-corrected chi connectivity index (χ3v) is 4.72. The number of carbonyl (C=O) groups is 1. The fourth-order valence-electron chi connectivity index (χ4n) is 1.82. The summed E-state index contributed by atoms with van der Waals surface area (Å²) in [6.45, 7) is 4.66. The van der Waals surface area contributed by atoms with Crippen molar-refractivity contribution in [3.8, 4) is 0 Å². The zero-order chi connectivity index (χ0) is 12.2. The second-order valence-corrected chi connectivity index (χ2v) is 6.64. The minimum Gasteiger partial charge on any atom is -0.355 e. The fraction of sp³-hybridized carbons (Fsp3) is 0.900. The lowest BCUT2D eigenvalue weighted by Crippen LogP contribution is -2.38. The Labute approximate surface area is 96.9 Å². The minimum atomic E-state index is -2.98. The predicted octanol–water partition coefficient (Wildman–Crippen LogP) is -0.465. The van der Waals surface area contributed by atoms with E-state index in [-0.39, 0.29) is 35.9 Å². The smallest absolute Gasteiger partial charge is 0.224 e. The summed E-state index contributed by atoms with van der Waals surface area (Å²) in [7, 11) is -2.98. The maximum atomic E-state index is 11.7. The molecule has 1 aliphatic rings. The number of nitrogens with one attached hydrogen (secondary N) is 2. The highest BCUT2D eigenvalue weighted by Gasteiger charge is 2.29. The van der Waals surface area contributed by atoms with Gasteiger partial charge in [-0.1, -0.05) is 6.92 Å². The number of hydrogen-bond donors (Lipinski definition) is 2. The van der Waals surface area contributed by atoms with Gasteiger partial charge < -0.3 is 10.6 Å². The maximum Gasteiger partial charge on any atom is 0.224 e. The van der Waals surface area contributed by atoms with Crippen molar-refractivity contribution in [1.29, 1.82) is 0 Å². The van der Waals surface area contributed by atoms with Crippen molar-refractivity contribution in [3.05, 3.63) is 0 Å². The van der Waals surface area contributed by atoms with Gasteiger partial charge in [0.15, 0.2) is 9.84 Å². The van der Waals surface area contributed by atoms with Gasteiger partial charge in [0.05, 0.1) is 11.7 Å². The molecule has 6 heteroatoms. The SMILES string of the molecule is CCS(=O)(=O)CCNC(=O)C1CCNC1C. The Hall–Kier alpha value is -0.620. The highest BCUT2D eigenvalue weighted by atomic mass is 32.2. The van der Waals surface area contributed by atoms with Crippen molar-refractivity contribution >= 4 is 15.7 Å². The Balaban J connectivity index is 2.30. The second kappa shape index (κ2) is 5.63. The van der Waals surface area contributed by atoms with E-state index in [0.29, 0.717) is 0 Å². The summed E-state index contributed by atoms with van der Waals surface area (Å²) in [5, 5.41) is 5.88. The summed E-state index contributed by atoms with van der Waals surface area (Å²) in [6, 6.07) is 0.183. The van der Waals surface area contributed by atoms with E-state index < -0.39 is 9.84 Å². The summed E-state index contributed by atoms with van der Waals surface area (Å²) in [6.07, 6.45) is 0.827. The van der Waals surface area contributed by atoms with Crippen LogP contribution in [0, 0.1) is 5.92 Å². The molecule has 1 amide bonds. The van der Waals surface area contributed by atoms with Gasteiger partial charge in [-0.15, -0.1) is 0 Å². The first-order chi connectivity index (χ1) is 7.46. The van der Waals surface area contributed by atoms with Crippen LogP contribution in [0.15, 0.2) is 0 Å². The molecular weight excluding hydrogens is 228 g/mol. The monoisotopic (exact) mass is 248 g/mol. The molecule has 0 aromatic carbocycles. The Kier molecular flexibility index (Phi) is 4.73. The normalized spacial score (nSPS) is 25.6. The number of carbonyl (C=O) groups excluding carboxylic acids is 1. The summed E-state index contributed by atoms with van der Waals surface area (Å²) in [5.74, 6) is 0.0988. The molecule has 1 aliphatic heterocycles. The van der Waals surface area contributed by atoms with Crippen LogP contribution in [0.25, 0.3) is 0 Å². The van der Waals surface area contributed by atoms with Gasteiger partial charge in [0, 0.05) is 18.3 Å². The van der Waals surface area contributed by atoms with E-state index in [1.54, 1.807) is 6.92 Å². The molecule has 0 aromatic heterocycles. The van der Waals surface area contributed by atoms with Crippen LogP contribution in [0.1, 0.15) is 20.3 Å². The topological polar surface area (TPSA) is 75.3 Å². The fourth-order valence-corrected chi connectivity index (χ4v) is 2.52. The number of amides is 1. The number of hydrogen-bond acceptors (Lipinski definition) is 4. The molecule has 2 unspecified atom stereocenters. The van der Waals surface area contributed by atoms with E-state index in [9.17, 15) is 13.2 Å². The number of sulfone groups is 1. The van der Waals surface area contributed by atoms with Crippen LogP contribution in [-0.4, -0.2) is 45.0 Å². The van der Waals surface area contributed by atoms with Gasteiger partial charge in [-0.05, 0) is 19.9 Å². The van der Waals surface area contributed by atoms with Crippen molar-refractivity contribution in [1.82, 2.24) is 10.6 Å². The van der Waals surface area contributed by atoms with Crippen molar-refractivity contribution in [2.75, 3.05) is 24.6 Å². The molecule has 1 heterocycles. The van der Waals surface area contributed by atoms with E-state index in [4.69, 9.17) is 0 Å². The predicted molar refractivity (Wildman–Crippen MR) is 62.9 cm³/mol. The van der Waals surface area contributed by atoms with E-state index in [1.165, 1.54) is 0 Å². The van der Waals surface area contributed by atoms with Crippen LogP contribution >= 0.6 is 0 Å². The largest absolute Gasteiger partial charge is 0.355 e. The van der Waals surface area contributed by atoms with Crippen LogP contribution in [0.3, 0.4) is 0 Å². The molecule has 2 atom stereocenters. The molecule has 0 radical (unpaired) electrons. The van der Waals surface area contributed by atoms with Gasteiger partial charge in [-0.25, -0.2) is 8.42 Å². The molecule has 1 fully saturated rings. The van der Waals surface area contributed by atoms with E-state index >= 15 is 0 Å². The van der Waals surface area contributed by atoms with Crippen molar-refractivity contribution in [3.63, 3.8) is 0 Å². The first-order valence-corrected chi connectivity index (χ1v) is 7.50. The average Bonchev–Trinajstić information content (AvgIpc) is 2.64. The van der Waals surface area contributed by atoms with Gasteiger partial charge in [0.2, 0.25) is 5.91 Å². The molecule has 1 rings (SSSR count). The third-order valence-electron chi connectivity index (χ3n) is 3.01. The van der Waals surface area contributed by atoms with E-state index in [0.717, 1.165) is 13.0 Å². The minimum absolute atomic E-state index is 0.0238. The lowest BCUT2D eigenvalue weighted by atomic mass is 10.0. The Morgan fingerprint density at radius 1 is 1.50 bits per heavy atom. The highest BCUT2D eigenvalue weighted by Crippen LogP contribution is 2.14. The first-order valence-electron chi connectivity index (χ1n) is 5.68. The second-order valence-electron chi connectivity index (χ2n) is 4.17. The third kappa shape index (κ3) is 3.75. The van der Waals surface area contributed by atoms with E-state index in [1.807, 2.05) is 6.92 Å². The van der Waals surface area contributed by atoms with Gasteiger partial charge in [0.1, 0.15) is 0 Å². The molecule has 0 aromatic rings. The number of rotatable bonds is 5. The molecule has 0 saturated carbocycles. The molecule has 5 nitrogen and oxygen atoms in total. The van der Waals surface area contributed by atoms with Crippen molar-refractivity contribution in [2.45, 2.75) is 26.3 Å². The Morgan fingerprint density at radius 2 is 2.19 bits per heavy atom. The first kappa shape index (κ1) is 13.4. The van der Waals surface area contributed by atoms with Crippen LogP contribution < -0.4 is 10.6 Å². The quantitative estimate of drug-likeness (QED) is 0.690. The summed E-state index contributed by atoms with van der Waals surface area (Å²) in [5.41, 5.74) is 0. The van der Waals surface area contributed by atoms with Crippen LogP contribution in [0.4, 0.5) is 0 Å². The van der Waals surface area contributed by atoms with Gasteiger partial charge in [-0.2, -0.15) is 0 Å². The van der Waals surface area contributed by atoms with Crippen molar-refractivity contribution < 1.29 is 13.2 Å². The van der Waals surface area contributed by atoms with Crippen LogP contribution in [0.2, 0.25) is 0 Å². The standard InChI is InChI=1S/C10H20N2O3S/c1-3-16(14,15)7-6-12-10(13)9-4-5-11-8(9)2/h8-9,11H,3-7H2,1-2H3,(H,12,13). The maximum absolute atomic E-state index is 11.7. The average molecular weight is 248 g/mol. The summed E-state index contributed by atoms with van der Waals surface area (Å²) >= 11 is 0. The molecule has 0 bridgehead atoms. The zero-order valence-corrected chi connectivity index (χ0v) is 10.6. The lowest BCUT2D eigenvalue weighted by molar-refractivity contribution is -0.124. The molecular formula is C10H20N2O3S. The molecule has 94 valence electrons. The molecule has 0 aliphatic carbocycles. The van der Waals surface area contributed by atoms with Gasteiger partial charge in [-0.3, -0.25) is 4.79 Å². The molecule has 1 saturated heterocycles. The summed E-state index contributed by atoms with van der Waals surface area (Å²) in [4.78, 5) is 11.7. The van der Waals surface area contributed by atoms with Crippen LogP contribution in [-0.2, 0) is 14.6 Å². The Morgan fingerprint density at radius 3 is 2.69 bits per heavy atom. The van der Waals surface area contributed by atoms with Crippen LogP contribution in [0.5, 0.6) is 0 Å². The van der Waals surface area contributed by atoms with Gasteiger partial charge >= 0.3 is 0 Å². The van der Waals surface area contributed by atoms with E-state index in [2.05, 4.69) is 10.6 Å². The lowest BCUT2D eigenvalue weighted by Gasteiger charge is -2.14. The summed E-state index contributed by atoms with van der Waals surface area (Å²) < 4.78 is 22.4.